The number of rotatable bonds is 3. The molecule has 0 aliphatic heterocycles. The Balaban J connectivity index is 2.41. The predicted octanol–water partition coefficient (Wildman–Crippen LogP) is 0.340. The fourth-order valence-electron chi connectivity index (χ4n) is 1.54. The smallest absolute Gasteiger partial charge is 0.408 e. The second-order valence-electron chi connectivity index (χ2n) is 3.43. The van der Waals surface area contributed by atoms with E-state index in [0.717, 1.165) is 5.56 Å². The molecule has 0 fully saturated rings. The van der Waals surface area contributed by atoms with Crippen LogP contribution < -0.4 is 16.8 Å². The molecule has 0 bridgehead atoms. The lowest BCUT2D eigenvalue weighted by molar-refractivity contribution is 0.555. The first kappa shape index (κ1) is 9.95. The van der Waals surface area contributed by atoms with Crippen molar-refractivity contribution in [2.45, 2.75) is 6.04 Å². The van der Waals surface area contributed by atoms with Crippen molar-refractivity contribution in [3.05, 3.63) is 34.3 Å². The molecule has 0 aliphatic rings. The summed E-state index contributed by atoms with van der Waals surface area (Å²) < 4.78 is 4.90. The molecule has 0 saturated heterocycles. The fraction of sp³-hybridized carbons (Fsp3) is 0.300. The lowest BCUT2D eigenvalue weighted by Gasteiger charge is -2.10. The van der Waals surface area contributed by atoms with E-state index in [2.05, 4.69) is 10.3 Å². The van der Waals surface area contributed by atoms with Crippen molar-refractivity contribution < 1.29 is 4.42 Å². The number of oxazole rings is 1. The van der Waals surface area contributed by atoms with Gasteiger partial charge in [0.1, 0.15) is 0 Å². The van der Waals surface area contributed by atoms with Gasteiger partial charge in [0, 0.05) is 12.6 Å². The highest BCUT2D eigenvalue weighted by Gasteiger charge is 2.07. The van der Waals surface area contributed by atoms with Gasteiger partial charge in [-0.15, -0.1) is 0 Å². The summed E-state index contributed by atoms with van der Waals surface area (Å²) in [6.45, 7) is 0.688. The molecule has 1 heterocycles. The second-order valence-corrected chi connectivity index (χ2v) is 3.43. The maximum atomic E-state index is 10.9. The molecule has 1 aromatic heterocycles. The lowest BCUT2D eigenvalue weighted by atomic mass is 10.1. The van der Waals surface area contributed by atoms with E-state index in [4.69, 9.17) is 10.2 Å². The SMILES string of the molecule is CNCC(N)c1ccc2oc(=O)[nH]c2c1. The quantitative estimate of drug-likeness (QED) is 0.677. The zero-order valence-corrected chi connectivity index (χ0v) is 8.41. The number of aromatic nitrogens is 1. The molecule has 1 atom stereocenters. The van der Waals surface area contributed by atoms with Gasteiger partial charge in [0.05, 0.1) is 5.52 Å². The van der Waals surface area contributed by atoms with Crippen LogP contribution in [-0.4, -0.2) is 18.6 Å². The summed E-state index contributed by atoms with van der Waals surface area (Å²) in [5, 5.41) is 3.00. The maximum Gasteiger partial charge on any atom is 0.417 e. The Morgan fingerprint density at radius 3 is 3.13 bits per heavy atom. The van der Waals surface area contributed by atoms with Crippen LogP contribution in [0.5, 0.6) is 0 Å². The van der Waals surface area contributed by atoms with Crippen molar-refractivity contribution in [3.8, 4) is 0 Å². The van der Waals surface area contributed by atoms with Crippen LogP contribution in [0.4, 0.5) is 0 Å². The van der Waals surface area contributed by atoms with E-state index in [1.807, 2.05) is 19.2 Å². The third-order valence-electron chi connectivity index (χ3n) is 2.30. The summed E-state index contributed by atoms with van der Waals surface area (Å²) in [6.07, 6.45) is 0. The van der Waals surface area contributed by atoms with Gasteiger partial charge < -0.3 is 15.5 Å². The van der Waals surface area contributed by atoms with E-state index in [-0.39, 0.29) is 6.04 Å². The van der Waals surface area contributed by atoms with Crippen LogP contribution >= 0.6 is 0 Å². The average Bonchev–Trinajstić information content (AvgIpc) is 2.57. The molecule has 5 heteroatoms. The van der Waals surface area contributed by atoms with Crippen molar-refractivity contribution in [1.29, 1.82) is 0 Å². The number of aromatic amines is 1. The van der Waals surface area contributed by atoms with Crippen molar-refractivity contribution in [2.24, 2.45) is 5.73 Å². The number of H-pyrrole nitrogens is 1. The fourth-order valence-corrected chi connectivity index (χ4v) is 1.54. The summed E-state index contributed by atoms with van der Waals surface area (Å²) >= 11 is 0. The van der Waals surface area contributed by atoms with Gasteiger partial charge >= 0.3 is 5.76 Å². The number of hydrogen-bond acceptors (Lipinski definition) is 4. The highest BCUT2D eigenvalue weighted by atomic mass is 16.4. The molecule has 0 spiro atoms. The van der Waals surface area contributed by atoms with E-state index >= 15 is 0 Å². The molecule has 5 nitrogen and oxygen atoms in total. The summed E-state index contributed by atoms with van der Waals surface area (Å²) in [6, 6.07) is 5.36. The molecule has 15 heavy (non-hydrogen) atoms. The number of hydrogen-bond donors (Lipinski definition) is 3. The summed E-state index contributed by atoms with van der Waals surface area (Å²) in [7, 11) is 1.85. The number of benzene rings is 1. The highest BCUT2D eigenvalue weighted by molar-refractivity contribution is 5.72. The average molecular weight is 207 g/mol. The minimum Gasteiger partial charge on any atom is -0.408 e. The van der Waals surface area contributed by atoms with E-state index in [9.17, 15) is 4.79 Å². The monoisotopic (exact) mass is 207 g/mol. The number of fused-ring (bicyclic) bond motifs is 1. The van der Waals surface area contributed by atoms with Crippen LogP contribution in [0, 0.1) is 0 Å². The maximum absolute atomic E-state index is 10.9. The van der Waals surface area contributed by atoms with Gasteiger partial charge in [-0.25, -0.2) is 4.79 Å². The lowest BCUT2D eigenvalue weighted by Crippen LogP contribution is -2.23. The van der Waals surface area contributed by atoms with Gasteiger partial charge in [0.25, 0.3) is 0 Å². The largest absolute Gasteiger partial charge is 0.417 e. The Kier molecular flexibility index (Phi) is 2.57. The molecule has 0 aliphatic carbocycles. The van der Waals surface area contributed by atoms with Gasteiger partial charge in [-0.3, -0.25) is 4.98 Å². The molecule has 0 saturated carbocycles. The van der Waals surface area contributed by atoms with Crippen molar-refractivity contribution in [2.75, 3.05) is 13.6 Å². The topological polar surface area (TPSA) is 84.0 Å². The predicted molar refractivity (Wildman–Crippen MR) is 57.7 cm³/mol. The second kappa shape index (κ2) is 3.88. The van der Waals surface area contributed by atoms with E-state index < -0.39 is 5.76 Å². The Hall–Kier alpha value is -1.59. The Morgan fingerprint density at radius 1 is 1.60 bits per heavy atom. The standard InChI is InChI=1S/C10H13N3O2/c1-12-5-7(11)6-2-3-9-8(4-6)13-10(14)15-9/h2-4,7,12H,5,11H2,1H3,(H,13,14). The number of nitrogens with two attached hydrogens (primary N) is 1. The minimum absolute atomic E-state index is 0.0854. The Labute approximate surface area is 86.3 Å². The summed E-state index contributed by atoms with van der Waals surface area (Å²) in [5.74, 6) is -0.440. The van der Waals surface area contributed by atoms with Crippen molar-refractivity contribution >= 4 is 11.1 Å². The third-order valence-corrected chi connectivity index (χ3v) is 2.30. The molecule has 0 radical (unpaired) electrons. The van der Waals surface area contributed by atoms with Gasteiger partial charge in [-0.1, -0.05) is 6.07 Å². The first-order valence-corrected chi connectivity index (χ1v) is 4.73. The molecule has 4 N–H and O–H groups in total. The first-order valence-electron chi connectivity index (χ1n) is 4.73. The zero-order chi connectivity index (χ0) is 10.8. The Bertz CT molecular complexity index is 515. The third kappa shape index (κ3) is 1.93. The molecule has 80 valence electrons. The van der Waals surface area contributed by atoms with Crippen LogP contribution in [0.15, 0.2) is 27.4 Å². The van der Waals surface area contributed by atoms with Gasteiger partial charge in [-0.2, -0.15) is 0 Å². The molecular weight excluding hydrogens is 194 g/mol. The number of nitrogens with one attached hydrogen (secondary N) is 2. The minimum atomic E-state index is -0.440. The van der Waals surface area contributed by atoms with Crippen LogP contribution in [0.1, 0.15) is 11.6 Å². The van der Waals surface area contributed by atoms with Gasteiger partial charge in [0.2, 0.25) is 0 Å². The zero-order valence-electron chi connectivity index (χ0n) is 8.41. The van der Waals surface area contributed by atoms with E-state index in [0.29, 0.717) is 17.6 Å². The normalized spacial score (nSPS) is 13.2. The van der Waals surface area contributed by atoms with Crippen molar-refractivity contribution in [1.82, 2.24) is 10.3 Å². The Morgan fingerprint density at radius 2 is 2.40 bits per heavy atom. The van der Waals surface area contributed by atoms with Crippen LogP contribution in [-0.2, 0) is 0 Å². The van der Waals surface area contributed by atoms with Crippen molar-refractivity contribution in [3.63, 3.8) is 0 Å². The molecule has 1 unspecified atom stereocenters. The van der Waals surface area contributed by atoms with Crippen LogP contribution in [0.3, 0.4) is 0 Å². The summed E-state index contributed by atoms with van der Waals surface area (Å²) in [5.41, 5.74) is 8.13. The molecule has 0 amide bonds. The van der Waals surface area contributed by atoms with E-state index in [1.165, 1.54) is 0 Å². The van der Waals surface area contributed by atoms with Gasteiger partial charge in [-0.05, 0) is 24.7 Å². The highest BCUT2D eigenvalue weighted by Crippen LogP contribution is 2.16. The number of likely N-dealkylation sites (N-methyl/N-ethyl adjacent to an activating group) is 1. The molecular formula is C10H13N3O2. The molecule has 2 rings (SSSR count). The molecule has 2 aromatic rings. The molecule has 1 aromatic carbocycles. The van der Waals surface area contributed by atoms with Gasteiger partial charge in [0.15, 0.2) is 5.58 Å². The van der Waals surface area contributed by atoms with Crippen LogP contribution in [0.2, 0.25) is 0 Å². The van der Waals surface area contributed by atoms with E-state index in [1.54, 1.807) is 6.07 Å². The van der Waals surface area contributed by atoms with Crippen LogP contribution in [0.25, 0.3) is 11.1 Å². The first-order chi connectivity index (χ1) is 7.20. The summed E-state index contributed by atoms with van der Waals surface area (Å²) in [4.78, 5) is 13.5.